The fraction of sp³-hybridized carbons (Fsp3) is 0.462. The molecule has 1 aromatic carbocycles. The highest BCUT2D eigenvalue weighted by atomic mass is 16.7. The first-order valence-electron chi connectivity index (χ1n) is 13.1. The summed E-state index contributed by atoms with van der Waals surface area (Å²) in [5.74, 6) is 1.37. The molecule has 0 aliphatic carbocycles. The Kier molecular flexibility index (Phi) is 6.71. The van der Waals surface area contributed by atoms with Crippen molar-refractivity contribution in [1.82, 2.24) is 39.3 Å². The minimum absolute atomic E-state index is 0.0498. The lowest BCUT2D eigenvalue weighted by atomic mass is 10.0. The Morgan fingerprint density at radius 2 is 1.90 bits per heavy atom. The van der Waals surface area contributed by atoms with Gasteiger partial charge < -0.3 is 35.4 Å². The molecule has 0 saturated carbocycles. The van der Waals surface area contributed by atoms with Gasteiger partial charge in [-0.15, -0.1) is 0 Å². The number of anilines is 2. The van der Waals surface area contributed by atoms with Crippen molar-refractivity contribution in [1.29, 1.82) is 0 Å². The second-order valence-electron chi connectivity index (χ2n) is 10.3. The minimum atomic E-state index is -1.02. The standard InChI is InChI=1S/C26H34N10O3/c1-33(2)16-6-10-35(11-7-16)12-13-36-25-20(24(27)28-14-29-25)21(32-36)17-4-5-18(23-22(17)38-15-39-23)30-26(37)19-8-9-34(3)31-19/h4-5,8-9,14,16,26,30,37H,6-7,10-13,15H2,1-3H3,(H2,27,28,29). The number of aromatic nitrogens is 6. The van der Waals surface area contributed by atoms with Gasteiger partial charge in [0, 0.05) is 31.4 Å². The van der Waals surface area contributed by atoms with Crippen LogP contribution in [-0.4, -0.2) is 91.0 Å². The third kappa shape index (κ3) is 4.84. The molecule has 1 saturated heterocycles. The van der Waals surface area contributed by atoms with E-state index in [4.69, 9.17) is 20.3 Å². The molecule has 3 aromatic heterocycles. The lowest BCUT2D eigenvalue weighted by Crippen LogP contribution is -2.42. The summed E-state index contributed by atoms with van der Waals surface area (Å²) in [6.07, 6.45) is 4.54. The van der Waals surface area contributed by atoms with Crippen molar-refractivity contribution in [3.05, 3.63) is 36.4 Å². The van der Waals surface area contributed by atoms with E-state index in [2.05, 4.69) is 44.3 Å². The van der Waals surface area contributed by atoms with Crippen molar-refractivity contribution in [2.75, 3.05) is 51.6 Å². The second kappa shape index (κ2) is 10.3. The number of nitrogen functional groups attached to an aromatic ring is 1. The molecular weight excluding hydrogens is 500 g/mol. The summed E-state index contributed by atoms with van der Waals surface area (Å²) in [6.45, 7) is 3.71. The van der Waals surface area contributed by atoms with Crippen LogP contribution >= 0.6 is 0 Å². The number of hydrogen-bond donors (Lipinski definition) is 3. The topological polar surface area (TPSA) is 145 Å². The lowest BCUT2D eigenvalue weighted by molar-refractivity contribution is 0.141. The van der Waals surface area contributed by atoms with E-state index in [0.717, 1.165) is 38.0 Å². The van der Waals surface area contributed by atoms with Gasteiger partial charge in [-0.1, -0.05) is 0 Å². The van der Waals surface area contributed by atoms with Crippen molar-refractivity contribution in [3.63, 3.8) is 0 Å². The van der Waals surface area contributed by atoms with Crippen LogP contribution in [0.5, 0.6) is 11.5 Å². The Bertz CT molecular complexity index is 1470. The van der Waals surface area contributed by atoms with Gasteiger partial charge in [0.05, 0.1) is 17.6 Å². The van der Waals surface area contributed by atoms with Crippen LogP contribution in [0.25, 0.3) is 22.3 Å². The van der Waals surface area contributed by atoms with Gasteiger partial charge in [0.2, 0.25) is 6.79 Å². The van der Waals surface area contributed by atoms with Crippen LogP contribution in [0.4, 0.5) is 11.5 Å². The van der Waals surface area contributed by atoms with Gasteiger partial charge in [-0.2, -0.15) is 10.2 Å². The number of nitrogens with zero attached hydrogens (tertiary/aromatic N) is 8. The Balaban J connectivity index is 1.29. The maximum atomic E-state index is 10.7. The number of fused-ring (bicyclic) bond motifs is 2. The number of nitrogens with one attached hydrogen (secondary N) is 1. The predicted molar refractivity (Wildman–Crippen MR) is 146 cm³/mol. The van der Waals surface area contributed by atoms with Gasteiger partial charge in [-0.3, -0.25) is 4.68 Å². The van der Waals surface area contributed by atoms with E-state index < -0.39 is 6.23 Å². The van der Waals surface area contributed by atoms with Crippen LogP contribution < -0.4 is 20.5 Å². The monoisotopic (exact) mass is 534 g/mol. The maximum absolute atomic E-state index is 10.7. The molecule has 0 spiro atoms. The molecule has 0 bridgehead atoms. The molecule has 2 aliphatic rings. The number of benzene rings is 1. The Morgan fingerprint density at radius 3 is 2.64 bits per heavy atom. The number of aliphatic hydroxyl groups excluding tert-OH is 1. The average molecular weight is 535 g/mol. The molecule has 4 aromatic rings. The molecule has 6 rings (SSSR count). The van der Waals surface area contributed by atoms with Crippen molar-refractivity contribution in [3.8, 4) is 22.8 Å². The molecule has 1 unspecified atom stereocenters. The molecule has 13 heteroatoms. The maximum Gasteiger partial charge on any atom is 0.231 e. The van der Waals surface area contributed by atoms with Gasteiger partial charge in [-0.05, 0) is 58.2 Å². The zero-order valence-corrected chi connectivity index (χ0v) is 22.4. The number of hydrogen-bond acceptors (Lipinski definition) is 11. The molecule has 4 N–H and O–H groups in total. The highest BCUT2D eigenvalue weighted by Gasteiger charge is 2.28. The Morgan fingerprint density at radius 1 is 1.10 bits per heavy atom. The van der Waals surface area contributed by atoms with Gasteiger partial charge in [0.1, 0.15) is 23.5 Å². The molecule has 0 amide bonds. The molecule has 5 heterocycles. The third-order valence-electron chi connectivity index (χ3n) is 7.55. The molecule has 1 fully saturated rings. The lowest BCUT2D eigenvalue weighted by Gasteiger charge is -2.35. The fourth-order valence-electron chi connectivity index (χ4n) is 5.37. The number of aliphatic hydroxyl groups is 1. The van der Waals surface area contributed by atoms with Crippen LogP contribution in [0.3, 0.4) is 0 Å². The molecule has 39 heavy (non-hydrogen) atoms. The van der Waals surface area contributed by atoms with E-state index >= 15 is 0 Å². The minimum Gasteiger partial charge on any atom is -0.453 e. The number of rotatable bonds is 8. The fourth-order valence-corrected chi connectivity index (χ4v) is 5.37. The molecular formula is C26H34N10O3. The normalized spacial score (nSPS) is 16.8. The molecule has 13 nitrogen and oxygen atoms in total. The summed E-state index contributed by atoms with van der Waals surface area (Å²) >= 11 is 0. The zero-order chi connectivity index (χ0) is 27.1. The van der Waals surface area contributed by atoms with E-state index in [1.807, 2.05) is 16.8 Å². The number of piperidine rings is 1. The summed E-state index contributed by atoms with van der Waals surface area (Å²) in [7, 11) is 6.10. The van der Waals surface area contributed by atoms with Crippen LogP contribution in [-0.2, 0) is 13.6 Å². The average Bonchev–Trinajstić information content (AvgIpc) is 3.67. The van der Waals surface area contributed by atoms with Crippen LogP contribution in [0, 0.1) is 0 Å². The second-order valence-corrected chi connectivity index (χ2v) is 10.3. The number of likely N-dealkylation sites (tertiary alicyclic amines) is 1. The number of nitrogens with two attached hydrogens (primary N) is 1. The largest absolute Gasteiger partial charge is 0.453 e. The van der Waals surface area contributed by atoms with E-state index in [-0.39, 0.29) is 6.79 Å². The molecule has 206 valence electrons. The molecule has 2 aliphatic heterocycles. The van der Waals surface area contributed by atoms with Crippen molar-refractivity contribution < 1.29 is 14.6 Å². The summed E-state index contributed by atoms with van der Waals surface area (Å²) in [4.78, 5) is 13.6. The smallest absolute Gasteiger partial charge is 0.231 e. The van der Waals surface area contributed by atoms with Gasteiger partial charge >= 0.3 is 0 Å². The first kappa shape index (κ1) is 25.3. The Hall–Kier alpha value is -3.94. The first-order valence-corrected chi connectivity index (χ1v) is 13.1. The molecule has 1 atom stereocenters. The van der Waals surface area contributed by atoms with E-state index in [0.29, 0.717) is 58.0 Å². The summed E-state index contributed by atoms with van der Waals surface area (Å²) in [6, 6.07) is 6.09. The predicted octanol–water partition coefficient (Wildman–Crippen LogP) is 1.67. The highest BCUT2D eigenvalue weighted by Crippen LogP contribution is 2.48. The summed E-state index contributed by atoms with van der Waals surface area (Å²) in [5, 5.41) is 23.6. The van der Waals surface area contributed by atoms with E-state index in [1.165, 1.54) is 6.33 Å². The van der Waals surface area contributed by atoms with E-state index in [1.54, 1.807) is 24.0 Å². The van der Waals surface area contributed by atoms with Crippen LogP contribution in [0.1, 0.15) is 24.8 Å². The van der Waals surface area contributed by atoms with Gasteiger partial charge in [-0.25, -0.2) is 14.6 Å². The Labute approximate surface area is 226 Å². The van der Waals surface area contributed by atoms with Crippen molar-refractivity contribution in [2.24, 2.45) is 7.05 Å². The number of ether oxygens (including phenoxy) is 2. The summed E-state index contributed by atoms with van der Waals surface area (Å²) < 4.78 is 15.2. The van der Waals surface area contributed by atoms with Crippen LogP contribution in [0.2, 0.25) is 0 Å². The van der Waals surface area contributed by atoms with Crippen molar-refractivity contribution >= 4 is 22.5 Å². The quantitative estimate of drug-likeness (QED) is 0.284. The molecule has 0 radical (unpaired) electrons. The summed E-state index contributed by atoms with van der Waals surface area (Å²) in [5.41, 5.74) is 9.46. The van der Waals surface area contributed by atoms with Gasteiger partial charge in [0.25, 0.3) is 0 Å². The van der Waals surface area contributed by atoms with E-state index in [9.17, 15) is 5.11 Å². The SMILES string of the molecule is CN(C)C1CCN(CCn2nc(-c3ccc(NC(O)c4ccn(C)n4)c4c3OCO4)c3c(N)ncnc32)CC1. The highest BCUT2D eigenvalue weighted by molar-refractivity contribution is 6.00. The van der Waals surface area contributed by atoms with Crippen LogP contribution in [0.15, 0.2) is 30.7 Å². The first-order chi connectivity index (χ1) is 18.9. The van der Waals surface area contributed by atoms with Gasteiger partial charge in [0.15, 0.2) is 23.4 Å². The zero-order valence-electron chi connectivity index (χ0n) is 22.4. The third-order valence-corrected chi connectivity index (χ3v) is 7.55. The number of aryl methyl sites for hydroxylation is 1. The van der Waals surface area contributed by atoms with Crippen molar-refractivity contribution in [2.45, 2.75) is 31.7 Å².